The number of hydrazine groups is 1. The van der Waals surface area contributed by atoms with Gasteiger partial charge in [0.1, 0.15) is 0 Å². The molecule has 3 N–H and O–H groups in total. The highest BCUT2D eigenvalue weighted by Crippen LogP contribution is 2.13. The number of nitrogens with zero attached hydrogens (tertiary/aromatic N) is 3. The van der Waals surface area contributed by atoms with Gasteiger partial charge in [-0.25, -0.2) is 5.84 Å². The minimum Gasteiger partial charge on any atom is -0.396 e. The fourth-order valence-corrected chi connectivity index (χ4v) is 0.990. The molecule has 1 aliphatic rings. The quantitative estimate of drug-likeness (QED) is 0.467. The van der Waals surface area contributed by atoms with Gasteiger partial charge < -0.3 is 5.11 Å². The van der Waals surface area contributed by atoms with Gasteiger partial charge in [-0.2, -0.15) is 5.11 Å². The van der Waals surface area contributed by atoms with E-state index in [9.17, 15) is 0 Å². The van der Waals surface area contributed by atoms with E-state index in [0.717, 1.165) is 0 Å². The predicted octanol–water partition coefficient (Wildman–Crippen LogP) is 0.0114. The minimum absolute atomic E-state index is 0.145. The number of aliphatic hydroxyl groups excluding tert-OH is 1. The van der Waals surface area contributed by atoms with Gasteiger partial charge in [0.05, 0.1) is 0 Å². The van der Waals surface area contributed by atoms with Crippen molar-refractivity contribution in [2.24, 2.45) is 16.1 Å². The van der Waals surface area contributed by atoms with Crippen LogP contribution in [-0.4, -0.2) is 28.0 Å². The van der Waals surface area contributed by atoms with Gasteiger partial charge in [0.15, 0.2) is 6.17 Å². The van der Waals surface area contributed by atoms with Gasteiger partial charge >= 0.3 is 0 Å². The van der Waals surface area contributed by atoms with E-state index < -0.39 is 0 Å². The van der Waals surface area contributed by atoms with E-state index in [1.54, 1.807) is 0 Å². The summed E-state index contributed by atoms with van der Waals surface area (Å²) in [5.74, 6) is 5.49. The molecule has 1 heterocycles. The molecule has 0 amide bonds. The number of nitrogens with two attached hydrogens (primary N) is 1. The third-order valence-electron chi connectivity index (χ3n) is 1.44. The molecular formula is C5H10N4OS. The van der Waals surface area contributed by atoms with Crippen LogP contribution in [0, 0.1) is 0 Å². The molecule has 6 heteroatoms. The SMILES string of the molecule is NN1C(=S)N=NC1CCCO. The van der Waals surface area contributed by atoms with Crippen LogP contribution in [-0.2, 0) is 0 Å². The normalized spacial score (nSPS) is 23.3. The van der Waals surface area contributed by atoms with Crippen LogP contribution in [0.4, 0.5) is 0 Å². The Hall–Kier alpha value is -0.590. The Kier molecular flexibility index (Phi) is 2.86. The first kappa shape index (κ1) is 8.51. The second-order valence-electron chi connectivity index (χ2n) is 2.25. The van der Waals surface area contributed by atoms with Crippen molar-refractivity contribution in [1.82, 2.24) is 5.01 Å². The number of hydrogen-bond acceptors (Lipinski definition) is 4. The van der Waals surface area contributed by atoms with E-state index in [0.29, 0.717) is 18.0 Å². The smallest absolute Gasteiger partial charge is 0.232 e. The molecule has 0 saturated carbocycles. The fourth-order valence-electron chi connectivity index (χ4n) is 0.821. The highest BCUT2D eigenvalue weighted by molar-refractivity contribution is 7.80. The standard InChI is InChI=1S/C5H10N4OS/c6-9-4(2-1-3-10)7-8-5(9)11/h4,10H,1-3,6H2. The Morgan fingerprint density at radius 2 is 2.45 bits per heavy atom. The maximum absolute atomic E-state index is 8.51. The van der Waals surface area contributed by atoms with Crippen LogP contribution in [0.15, 0.2) is 10.2 Å². The molecule has 62 valence electrons. The summed E-state index contributed by atoms with van der Waals surface area (Å²) in [6.07, 6.45) is 1.19. The van der Waals surface area contributed by atoms with Gasteiger partial charge in [0.2, 0.25) is 5.11 Å². The zero-order valence-corrected chi connectivity index (χ0v) is 6.79. The summed E-state index contributed by atoms with van der Waals surface area (Å²) in [4.78, 5) is 0. The van der Waals surface area contributed by atoms with E-state index >= 15 is 0 Å². The lowest BCUT2D eigenvalue weighted by molar-refractivity contribution is 0.254. The summed E-state index contributed by atoms with van der Waals surface area (Å²) < 4.78 is 0. The third kappa shape index (κ3) is 1.92. The average molecular weight is 174 g/mol. The van der Waals surface area contributed by atoms with E-state index in [2.05, 4.69) is 10.2 Å². The number of hydrogen-bond donors (Lipinski definition) is 2. The molecule has 0 aromatic heterocycles. The number of thiocarbonyl (C=S) groups is 1. The maximum Gasteiger partial charge on any atom is 0.232 e. The number of rotatable bonds is 3. The summed E-state index contributed by atoms with van der Waals surface area (Å²) in [7, 11) is 0. The topological polar surface area (TPSA) is 74.2 Å². The van der Waals surface area contributed by atoms with Crippen molar-refractivity contribution in [1.29, 1.82) is 0 Å². The van der Waals surface area contributed by atoms with Crippen LogP contribution in [0.3, 0.4) is 0 Å². The van der Waals surface area contributed by atoms with Gasteiger partial charge in [-0.05, 0) is 25.1 Å². The average Bonchev–Trinajstić information content (AvgIpc) is 2.31. The molecule has 0 radical (unpaired) electrons. The molecule has 1 atom stereocenters. The van der Waals surface area contributed by atoms with Gasteiger partial charge in [-0.1, -0.05) is 0 Å². The zero-order chi connectivity index (χ0) is 8.27. The van der Waals surface area contributed by atoms with Crippen LogP contribution < -0.4 is 5.84 Å². The van der Waals surface area contributed by atoms with Crippen LogP contribution in [0.2, 0.25) is 0 Å². The Morgan fingerprint density at radius 1 is 1.73 bits per heavy atom. The first-order valence-corrected chi connectivity index (χ1v) is 3.76. The lowest BCUT2D eigenvalue weighted by atomic mass is 10.3. The van der Waals surface area contributed by atoms with Crippen molar-refractivity contribution in [2.45, 2.75) is 19.0 Å². The highest BCUT2D eigenvalue weighted by Gasteiger charge is 2.22. The minimum atomic E-state index is -0.172. The van der Waals surface area contributed by atoms with E-state index in [1.807, 2.05) is 0 Å². The van der Waals surface area contributed by atoms with Gasteiger partial charge in [0.25, 0.3) is 0 Å². The van der Waals surface area contributed by atoms with Crippen molar-refractivity contribution in [3.63, 3.8) is 0 Å². The van der Waals surface area contributed by atoms with Crippen molar-refractivity contribution < 1.29 is 5.11 Å². The van der Waals surface area contributed by atoms with Gasteiger partial charge in [-0.15, -0.1) is 5.11 Å². The summed E-state index contributed by atoms with van der Waals surface area (Å²) >= 11 is 4.75. The van der Waals surface area contributed by atoms with Crippen molar-refractivity contribution in [3.8, 4) is 0 Å². The molecule has 1 aliphatic heterocycles. The third-order valence-corrected chi connectivity index (χ3v) is 1.73. The first-order valence-electron chi connectivity index (χ1n) is 3.35. The Bertz CT molecular complexity index is 183. The molecule has 11 heavy (non-hydrogen) atoms. The molecule has 0 aromatic carbocycles. The molecule has 0 bridgehead atoms. The van der Waals surface area contributed by atoms with Crippen LogP contribution in [0.5, 0.6) is 0 Å². The molecule has 0 spiro atoms. The highest BCUT2D eigenvalue weighted by atomic mass is 32.1. The molecular weight excluding hydrogens is 164 g/mol. The summed E-state index contributed by atoms with van der Waals surface area (Å²) in [6, 6.07) is 0. The first-order chi connectivity index (χ1) is 5.25. The van der Waals surface area contributed by atoms with Crippen molar-refractivity contribution >= 4 is 17.3 Å². The summed E-state index contributed by atoms with van der Waals surface area (Å²) in [5, 5.41) is 17.6. The van der Waals surface area contributed by atoms with Gasteiger partial charge in [-0.3, -0.25) is 5.01 Å². The van der Waals surface area contributed by atoms with Crippen LogP contribution in [0.1, 0.15) is 12.8 Å². The van der Waals surface area contributed by atoms with E-state index in [-0.39, 0.29) is 12.8 Å². The second kappa shape index (κ2) is 3.70. The Labute approximate surface area is 69.9 Å². The van der Waals surface area contributed by atoms with Crippen LogP contribution >= 0.6 is 12.2 Å². The molecule has 0 aromatic rings. The van der Waals surface area contributed by atoms with E-state index in [1.165, 1.54) is 5.01 Å². The zero-order valence-electron chi connectivity index (χ0n) is 5.97. The molecule has 5 nitrogen and oxygen atoms in total. The lowest BCUT2D eigenvalue weighted by Crippen LogP contribution is -2.39. The summed E-state index contributed by atoms with van der Waals surface area (Å²) in [6.45, 7) is 0.145. The molecule has 0 saturated heterocycles. The molecule has 0 aliphatic carbocycles. The second-order valence-corrected chi connectivity index (χ2v) is 2.62. The van der Waals surface area contributed by atoms with Gasteiger partial charge in [0, 0.05) is 6.61 Å². The Balaban J connectivity index is 2.36. The fraction of sp³-hybridized carbons (Fsp3) is 0.800. The lowest BCUT2D eigenvalue weighted by Gasteiger charge is -2.15. The number of aliphatic hydroxyl groups is 1. The predicted molar refractivity (Wildman–Crippen MR) is 43.6 cm³/mol. The monoisotopic (exact) mass is 174 g/mol. The van der Waals surface area contributed by atoms with E-state index in [4.69, 9.17) is 23.2 Å². The summed E-state index contributed by atoms with van der Waals surface area (Å²) in [5.41, 5.74) is 0. The number of azo groups is 1. The molecule has 1 rings (SSSR count). The van der Waals surface area contributed by atoms with Crippen molar-refractivity contribution in [2.75, 3.05) is 6.61 Å². The van der Waals surface area contributed by atoms with Crippen LogP contribution in [0.25, 0.3) is 0 Å². The molecule has 0 fully saturated rings. The molecule has 1 unspecified atom stereocenters. The maximum atomic E-state index is 8.51. The Morgan fingerprint density at radius 3 is 2.91 bits per heavy atom. The van der Waals surface area contributed by atoms with Crippen molar-refractivity contribution in [3.05, 3.63) is 0 Å². The largest absolute Gasteiger partial charge is 0.396 e.